The molecule has 5 nitrogen and oxygen atoms in total. The molecule has 0 atom stereocenters. The van der Waals surface area contributed by atoms with E-state index in [4.69, 9.17) is 0 Å². The van der Waals surface area contributed by atoms with Gasteiger partial charge < -0.3 is 15.5 Å². The fraction of sp³-hybridized carbons (Fsp3) is 0.238. The van der Waals surface area contributed by atoms with Gasteiger partial charge in [0.15, 0.2) is 0 Å². The number of rotatable bonds is 7. The van der Waals surface area contributed by atoms with Gasteiger partial charge in [-0.05, 0) is 32.6 Å². The molecule has 0 aliphatic heterocycles. The molecule has 0 bridgehead atoms. The van der Waals surface area contributed by atoms with Gasteiger partial charge in [0.1, 0.15) is 5.82 Å². The second-order valence-electron chi connectivity index (χ2n) is 6.50. The molecule has 0 radical (unpaired) electrons. The third-order valence-corrected chi connectivity index (χ3v) is 4.05. The minimum absolute atomic E-state index is 0.629. The lowest BCUT2D eigenvalue weighted by molar-refractivity contribution is 0.425. The van der Waals surface area contributed by atoms with Crippen LogP contribution in [0.4, 0.5) is 17.5 Å². The van der Waals surface area contributed by atoms with Crippen LogP contribution in [-0.2, 0) is 0 Å². The lowest BCUT2D eigenvalue weighted by Gasteiger charge is -2.14. The molecule has 2 aromatic carbocycles. The number of hydrogen-bond acceptors (Lipinski definition) is 5. The van der Waals surface area contributed by atoms with Crippen molar-refractivity contribution in [3.8, 4) is 11.3 Å². The van der Waals surface area contributed by atoms with Crippen LogP contribution in [-0.4, -0.2) is 42.1 Å². The van der Waals surface area contributed by atoms with E-state index in [0.717, 1.165) is 35.9 Å². The molecule has 1 aromatic heterocycles. The van der Waals surface area contributed by atoms with Crippen LogP contribution in [0, 0.1) is 6.92 Å². The molecular weight excluding hydrogens is 322 g/mol. The Balaban J connectivity index is 1.90. The highest BCUT2D eigenvalue weighted by Gasteiger charge is 2.08. The number of aromatic nitrogens is 2. The van der Waals surface area contributed by atoms with Gasteiger partial charge in [-0.1, -0.05) is 48.5 Å². The summed E-state index contributed by atoms with van der Waals surface area (Å²) in [6.45, 7) is 3.78. The highest BCUT2D eigenvalue weighted by atomic mass is 15.2. The number of benzene rings is 2. The summed E-state index contributed by atoms with van der Waals surface area (Å²) < 4.78 is 0. The maximum atomic E-state index is 4.68. The second kappa shape index (κ2) is 8.45. The van der Waals surface area contributed by atoms with E-state index in [9.17, 15) is 0 Å². The first kappa shape index (κ1) is 17.9. The summed E-state index contributed by atoms with van der Waals surface area (Å²) in [4.78, 5) is 11.4. The molecule has 2 N–H and O–H groups in total. The molecule has 134 valence electrons. The van der Waals surface area contributed by atoms with Gasteiger partial charge in [-0.25, -0.2) is 4.98 Å². The van der Waals surface area contributed by atoms with Crippen molar-refractivity contribution in [1.29, 1.82) is 0 Å². The monoisotopic (exact) mass is 347 g/mol. The molecule has 5 heteroatoms. The Kier molecular flexibility index (Phi) is 5.81. The first-order valence-corrected chi connectivity index (χ1v) is 8.77. The standard InChI is InChI=1S/C21H25N5/c1-16-9-7-8-12-18(16)23-20-15-19(17-10-5-4-6-11-17)24-21(25-20)22-13-14-26(2)3/h4-12,15H,13-14H2,1-3H3,(H2,22,23,24,25). The SMILES string of the molecule is Cc1ccccc1Nc1cc(-c2ccccc2)nc(NCCN(C)C)n1. The summed E-state index contributed by atoms with van der Waals surface area (Å²) in [5, 5.41) is 6.74. The van der Waals surface area contributed by atoms with Gasteiger partial charge in [0.25, 0.3) is 0 Å². The zero-order valence-corrected chi connectivity index (χ0v) is 15.5. The maximum absolute atomic E-state index is 4.68. The van der Waals surface area contributed by atoms with E-state index < -0.39 is 0 Å². The van der Waals surface area contributed by atoms with Crippen molar-refractivity contribution >= 4 is 17.5 Å². The van der Waals surface area contributed by atoms with Crippen molar-refractivity contribution in [3.05, 3.63) is 66.2 Å². The molecule has 1 heterocycles. The first-order chi connectivity index (χ1) is 12.6. The minimum Gasteiger partial charge on any atom is -0.353 e. The predicted octanol–water partition coefficient (Wildman–Crippen LogP) is 4.17. The molecule has 0 fully saturated rings. The number of hydrogen-bond donors (Lipinski definition) is 2. The van der Waals surface area contributed by atoms with Crippen LogP contribution in [0.5, 0.6) is 0 Å². The van der Waals surface area contributed by atoms with Crippen molar-refractivity contribution in [3.63, 3.8) is 0 Å². The Labute approximate surface area is 155 Å². The number of nitrogens with zero attached hydrogens (tertiary/aromatic N) is 3. The van der Waals surface area contributed by atoms with Crippen molar-refractivity contribution < 1.29 is 0 Å². The smallest absolute Gasteiger partial charge is 0.225 e. The Hall–Kier alpha value is -2.92. The van der Waals surface area contributed by atoms with Crippen LogP contribution in [0.3, 0.4) is 0 Å². The molecule has 0 saturated heterocycles. The first-order valence-electron chi connectivity index (χ1n) is 8.77. The molecule has 0 aliphatic carbocycles. The molecule has 0 amide bonds. The van der Waals surface area contributed by atoms with Gasteiger partial charge in [0, 0.05) is 30.4 Å². The van der Waals surface area contributed by atoms with Crippen LogP contribution < -0.4 is 10.6 Å². The number of nitrogens with one attached hydrogen (secondary N) is 2. The molecule has 26 heavy (non-hydrogen) atoms. The van der Waals surface area contributed by atoms with E-state index in [1.165, 1.54) is 5.56 Å². The highest BCUT2D eigenvalue weighted by Crippen LogP contribution is 2.24. The van der Waals surface area contributed by atoms with E-state index in [-0.39, 0.29) is 0 Å². The number of likely N-dealkylation sites (N-methyl/N-ethyl adjacent to an activating group) is 1. The second-order valence-corrected chi connectivity index (χ2v) is 6.50. The quantitative estimate of drug-likeness (QED) is 0.672. The van der Waals surface area contributed by atoms with Crippen molar-refractivity contribution in [2.24, 2.45) is 0 Å². The van der Waals surface area contributed by atoms with Crippen molar-refractivity contribution in [2.45, 2.75) is 6.92 Å². The van der Waals surface area contributed by atoms with E-state index in [0.29, 0.717) is 5.95 Å². The van der Waals surface area contributed by atoms with Crippen LogP contribution >= 0.6 is 0 Å². The molecule has 0 aliphatic rings. The van der Waals surface area contributed by atoms with Gasteiger partial charge in [-0.15, -0.1) is 0 Å². The summed E-state index contributed by atoms with van der Waals surface area (Å²) in [7, 11) is 4.10. The average Bonchev–Trinajstić information content (AvgIpc) is 2.64. The van der Waals surface area contributed by atoms with Gasteiger partial charge in [-0.3, -0.25) is 0 Å². The van der Waals surface area contributed by atoms with Gasteiger partial charge in [-0.2, -0.15) is 4.98 Å². The van der Waals surface area contributed by atoms with E-state index in [1.54, 1.807) is 0 Å². The Bertz CT molecular complexity index is 846. The van der Waals surface area contributed by atoms with Crippen LogP contribution in [0.25, 0.3) is 11.3 Å². The normalized spacial score (nSPS) is 10.8. The fourth-order valence-electron chi connectivity index (χ4n) is 2.59. The number of para-hydroxylation sites is 1. The summed E-state index contributed by atoms with van der Waals surface area (Å²) in [5.41, 5.74) is 4.18. The van der Waals surface area contributed by atoms with E-state index in [1.807, 2.05) is 50.5 Å². The minimum atomic E-state index is 0.629. The van der Waals surface area contributed by atoms with Crippen LogP contribution in [0.15, 0.2) is 60.7 Å². The largest absolute Gasteiger partial charge is 0.353 e. The Morgan fingerprint density at radius 3 is 2.38 bits per heavy atom. The molecule has 0 spiro atoms. The molecule has 3 rings (SSSR count). The van der Waals surface area contributed by atoms with Crippen LogP contribution in [0.2, 0.25) is 0 Å². The number of aryl methyl sites for hydroxylation is 1. The molecule has 3 aromatic rings. The van der Waals surface area contributed by atoms with Crippen molar-refractivity contribution in [1.82, 2.24) is 14.9 Å². The zero-order chi connectivity index (χ0) is 18.4. The van der Waals surface area contributed by atoms with Gasteiger partial charge in [0.05, 0.1) is 5.69 Å². The maximum Gasteiger partial charge on any atom is 0.225 e. The Morgan fingerprint density at radius 1 is 0.923 bits per heavy atom. The number of anilines is 3. The summed E-state index contributed by atoms with van der Waals surface area (Å²) in [6.07, 6.45) is 0. The Morgan fingerprint density at radius 2 is 1.65 bits per heavy atom. The molecule has 0 saturated carbocycles. The molecule has 0 unspecified atom stereocenters. The summed E-state index contributed by atoms with van der Waals surface area (Å²) in [6, 6.07) is 20.3. The van der Waals surface area contributed by atoms with E-state index in [2.05, 4.69) is 56.7 Å². The van der Waals surface area contributed by atoms with Gasteiger partial charge >= 0.3 is 0 Å². The third kappa shape index (κ3) is 4.80. The van der Waals surface area contributed by atoms with Crippen molar-refractivity contribution in [2.75, 3.05) is 37.8 Å². The van der Waals surface area contributed by atoms with E-state index >= 15 is 0 Å². The zero-order valence-electron chi connectivity index (χ0n) is 15.5. The molecular formula is C21H25N5. The lowest BCUT2D eigenvalue weighted by atomic mass is 10.1. The van der Waals surface area contributed by atoms with Gasteiger partial charge in [0.2, 0.25) is 5.95 Å². The summed E-state index contributed by atoms with van der Waals surface area (Å²) >= 11 is 0. The summed E-state index contributed by atoms with van der Waals surface area (Å²) in [5.74, 6) is 1.41. The lowest BCUT2D eigenvalue weighted by Crippen LogP contribution is -2.21. The fourth-order valence-corrected chi connectivity index (χ4v) is 2.59. The van der Waals surface area contributed by atoms with Crippen LogP contribution in [0.1, 0.15) is 5.56 Å². The highest BCUT2D eigenvalue weighted by molar-refractivity contribution is 5.68. The topological polar surface area (TPSA) is 53.1 Å². The third-order valence-electron chi connectivity index (χ3n) is 4.05. The predicted molar refractivity (Wildman–Crippen MR) is 109 cm³/mol. The average molecular weight is 347 g/mol.